The highest BCUT2D eigenvalue weighted by atomic mass is 28.3. The number of hydrogen-bond acceptors (Lipinski definition) is 5. The standard InChI is InChI=1S/C29H36FN5O2Si/c1-38(2,3)15-14-37-18-35-28(20-4-5-20)26(27(33-35)19-6-9-22(30)10-7-19)21-8-13-25-31-16-24(34(25)17-21)29(36)32-23-11-12-23/h6-10,13,16-17,20,23,29,32,36H,4-5,11-12,14-15,18H2,1-3H3. The average Bonchev–Trinajstić information content (AvgIpc) is 3.81. The number of rotatable bonds is 11. The Morgan fingerprint density at radius 2 is 1.82 bits per heavy atom. The molecule has 0 spiro atoms. The van der Waals surface area contributed by atoms with Gasteiger partial charge in [-0.2, -0.15) is 5.10 Å². The first-order valence-corrected chi connectivity index (χ1v) is 17.3. The van der Waals surface area contributed by atoms with Crippen LogP contribution in [0.3, 0.4) is 0 Å². The number of nitrogens with zero attached hydrogens (tertiary/aromatic N) is 4. The molecule has 0 amide bonds. The van der Waals surface area contributed by atoms with Crippen LogP contribution >= 0.6 is 0 Å². The average molecular weight is 534 g/mol. The minimum Gasteiger partial charge on any atom is -0.373 e. The van der Waals surface area contributed by atoms with Gasteiger partial charge in [-0.15, -0.1) is 0 Å². The summed E-state index contributed by atoms with van der Waals surface area (Å²) < 4.78 is 23.9. The third-order valence-corrected chi connectivity index (χ3v) is 9.06. The monoisotopic (exact) mass is 533 g/mol. The first kappa shape index (κ1) is 25.4. The Morgan fingerprint density at radius 1 is 1.08 bits per heavy atom. The quantitative estimate of drug-likeness (QED) is 0.142. The molecule has 9 heteroatoms. The molecule has 2 N–H and O–H groups in total. The summed E-state index contributed by atoms with van der Waals surface area (Å²) in [6.45, 7) is 8.16. The van der Waals surface area contributed by atoms with Gasteiger partial charge < -0.3 is 9.84 Å². The second-order valence-electron chi connectivity index (χ2n) is 11.9. The van der Waals surface area contributed by atoms with Crippen molar-refractivity contribution in [1.82, 2.24) is 24.5 Å². The van der Waals surface area contributed by atoms with E-state index < -0.39 is 14.3 Å². The fourth-order valence-corrected chi connectivity index (χ4v) is 5.63. The maximum Gasteiger partial charge on any atom is 0.148 e. The third kappa shape index (κ3) is 5.47. The molecule has 2 saturated carbocycles. The molecule has 2 aliphatic rings. The zero-order chi connectivity index (χ0) is 26.4. The molecule has 1 unspecified atom stereocenters. The Kier molecular flexibility index (Phi) is 6.71. The highest BCUT2D eigenvalue weighted by Crippen LogP contribution is 2.48. The van der Waals surface area contributed by atoms with E-state index in [4.69, 9.17) is 9.84 Å². The predicted octanol–water partition coefficient (Wildman–Crippen LogP) is 5.94. The number of halogens is 1. The number of aliphatic hydroxyl groups is 1. The minimum atomic E-state index is -1.20. The Bertz CT molecular complexity index is 1430. The predicted molar refractivity (Wildman–Crippen MR) is 149 cm³/mol. The summed E-state index contributed by atoms with van der Waals surface area (Å²) in [6.07, 6.45) is 7.39. The number of ether oxygens (including phenoxy) is 1. The van der Waals surface area contributed by atoms with Gasteiger partial charge in [0.2, 0.25) is 0 Å². The first-order chi connectivity index (χ1) is 18.3. The lowest BCUT2D eigenvalue weighted by atomic mass is 9.98. The smallest absolute Gasteiger partial charge is 0.148 e. The molecule has 3 aromatic heterocycles. The SMILES string of the molecule is C[Si](C)(C)CCOCn1nc(-c2ccc(F)cc2)c(-c2ccc3ncc(C(O)NC4CC4)n3c2)c1C1CC1. The topological polar surface area (TPSA) is 76.6 Å². The van der Waals surface area contributed by atoms with E-state index in [0.29, 0.717) is 24.4 Å². The van der Waals surface area contributed by atoms with Crippen molar-refractivity contribution in [2.45, 2.75) is 76.3 Å². The number of pyridine rings is 1. The molecule has 1 atom stereocenters. The number of hydrogen-bond donors (Lipinski definition) is 2. The molecular formula is C29H36FN5O2Si. The van der Waals surface area contributed by atoms with Crippen molar-refractivity contribution in [3.8, 4) is 22.4 Å². The molecule has 4 aromatic rings. The second kappa shape index (κ2) is 10.0. The number of aliphatic hydroxyl groups excluding tert-OH is 1. The van der Waals surface area contributed by atoms with Gasteiger partial charge in [-0.25, -0.2) is 14.1 Å². The molecule has 0 aliphatic heterocycles. The molecule has 2 fully saturated rings. The van der Waals surface area contributed by atoms with Crippen molar-refractivity contribution in [1.29, 1.82) is 0 Å². The fraction of sp³-hybridized carbons (Fsp3) is 0.448. The highest BCUT2D eigenvalue weighted by Gasteiger charge is 2.34. The van der Waals surface area contributed by atoms with Crippen LogP contribution in [0.2, 0.25) is 25.7 Å². The molecule has 0 radical (unpaired) electrons. The Hall–Kier alpha value is -2.85. The van der Waals surface area contributed by atoms with E-state index in [1.165, 1.54) is 12.1 Å². The molecule has 2 aliphatic carbocycles. The zero-order valence-corrected chi connectivity index (χ0v) is 23.3. The van der Waals surface area contributed by atoms with Crippen LogP contribution in [0.1, 0.15) is 49.2 Å². The van der Waals surface area contributed by atoms with Crippen LogP contribution < -0.4 is 5.32 Å². The van der Waals surface area contributed by atoms with Crippen molar-refractivity contribution in [2.75, 3.05) is 6.61 Å². The zero-order valence-electron chi connectivity index (χ0n) is 22.3. The van der Waals surface area contributed by atoms with Crippen LogP contribution in [0.4, 0.5) is 4.39 Å². The van der Waals surface area contributed by atoms with Gasteiger partial charge >= 0.3 is 0 Å². The maximum atomic E-state index is 13.8. The van der Waals surface area contributed by atoms with Crippen molar-refractivity contribution in [3.05, 3.63) is 66.0 Å². The largest absolute Gasteiger partial charge is 0.373 e. The van der Waals surface area contributed by atoms with Gasteiger partial charge in [0.1, 0.15) is 30.1 Å². The Labute approximate surface area is 223 Å². The number of aromatic nitrogens is 4. The van der Waals surface area contributed by atoms with Crippen molar-refractivity contribution in [3.63, 3.8) is 0 Å². The highest BCUT2D eigenvalue weighted by molar-refractivity contribution is 6.76. The van der Waals surface area contributed by atoms with Crippen LogP contribution in [-0.4, -0.2) is 45.0 Å². The van der Waals surface area contributed by atoms with E-state index in [1.54, 1.807) is 18.3 Å². The number of imidazole rings is 1. The Balaban J connectivity index is 1.42. The molecule has 0 bridgehead atoms. The summed E-state index contributed by atoms with van der Waals surface area (Å²) >= 11 is 0. The molecule has 3 heterocycles. The number of benzene rings is 1. The molecule has 0 saturated heterocycles. The first-order valence-electron chi connectivity index (χ1n) is 13.6. The van der Waals surface area contributed by atoms with Crippen LogP contribution in [0, 0.1) is 5.82 Å². The van der Waals surface area contributed by atoms with E-state index >= 15 is 0 Å². The summed E-state index contributed by atoms with van der Waals surface area (Å²) in [5.41, 5.74) is 6.37. The summed E-state index contributed by atoms with van der Waals surface area (Å²) in [4.78, 5) is 4.52. The summed E-state index contributed by atoms with van der Waals surface area (Å²) in [5.74, 6) is 0.140. The van der Waals surface area contributed by atoms with E-state index in [9.17, 15) is 9.50 Å². The van der Waals surface area contributed by atoms with Crippen LogP contribution in [0.25, 0.3) is 28.0 Å². The molecule has 6 rings (SSSR count). The molecule has 38 heavy (non-hydrogen) atoms. The van der Waals surface area contributed by atoms with Gasteiger partial charge in [0.15, 0.2) is 0 Å². The Morgan fingerprint density at radius 3 is 2.50 bits per heavy atom. The molecule has 200 valence electrons. The maximum absolute atomic E-state index is 13.8. The van der Waals surface area contributed by atoms with Gasteiger partial charge in [-0.1, -0.05) is 19.6 Å². The lowest BCUT2D eigenvalue weighted by molar-refractivity contribution is 0.0767. The van der Waals surface area contributed by atoms with Gasteiger partial charge in [-0.05, 0) is 68.1 Å². The van der Waals surface area contributed by atoms with Crippen LogP contribution in [-0.2, 0) is 11.5 Å². The van der Waals surface area contributed by atoms with Gasteiger partial charge in [0, 0.05) is 49.5 Å². The van der Waals surface area contributed by atoms with E-state index in [-0.39, 0.29) is 5.82 Å². The van der Waals surface area contributed by atoms with Gasteiger partial charge in [0.05, 0.1) is 17.6 Å². The second-order valence-corrected chi connectivity index (χ2v) is 17.5. The number of fused-ring (bicyclic) bond motifs is 1. The normalized spacial score (nSPS) is 16.9. The van der Waals surface area contributed by atoms with Crippen LogP contribution in [0.15, 0.2) is 48.8 Å². The van der Waals surface area contributed by atoms with E-state index in [0.717, 1.165) is 72.1 Å². The molecule has 1 aromatic carbocycles. The third-order valence-electron chi connectivity index (χ3n) is 7.36. The molecule has 7 nitrogen and oxygen atoms in total. The van der Waals surface area contributed by atoms with Gasteiger partial charge in [-0.3, -0.25) is 9.72 Å². The lowest BCUT2D eigenvalue weighted by Crippen LogP contribution is -2.24. The van der Waals surface area contributed by atoms with Crippen LogP contribution in [0.5, 0.6) is 0 Å². The van der Waals surface area contributed by atoms with Crippen molar-refractivity contribution in [2.24, 2.45) is 0 Å². The summed E-state index contributed by atoms with van der Waals surface area (Å²) in [6, 6.07) is 12.1. The summed E-state index contributed by atoms with van der Waals surface area (Å²) in [5, 5.41) is 19.1. The molecular weight excluding hydrogens is 497 g/mol. The van der Waals surface area contributed by atoms with Gasteiger partial charge in [0.25, 0.3) is 0 Å². The minimum absolute atomic E-state index is 0.270. The van der Waals surface area contributed by atoms with E-state index in [2.05, 4.69) is 36.0 Å². The van der Waals surface area contributed by atoms with Crippen molar-refractivity contribution < 1.29 is 14.2 Å². The summed E-state index contributed by atoms with van der Waals surface area (Å²) in [7, 11) is -1.20. The lowest BCUT2D eigenvalue weighted by Gasteiger charge is -2.16. The van der Waals surface area contributed by atoms with E-state index in [1.807, 2.05) is 21.3 Å². The fourth-order valence-electron chi connectivity index (χ4n) is 4.88. The van der Waals surface area contributed by atoms with Crippen molar-refractivity contribution >= 4 is 13.7 Å². The number of nitrogens with one attached hydrogen (secondary N) is 1.